The van der Waals surface area contributed by atoms with E-state index >= 15 is 0 Å². The molecule has 0 unspecified atom stereocenters. The Bertz CT molecular complexity index is 733. The Morgan fingerprint density at radius 3 is 2.36 bits per heavy atom. The summed E-state index contributed by atoms with van der Waals surface area (Å²) in [6.45, 7) is 4.57. The van der Waals surface area contributed by atoms with Gasteiger partial charge < -0.3 is 9.88 Å². The maximum Gasteiger partial charge on any atom is 0.269 e. The van der Waals surface area contributed by atoms with E-state index < -0.39 is 4.92 Å². The summed E-state index contributed by atoms with van der Waals surface area (Å²) in [5, 5.41) is 13.9. The van der Waals surface area contributed by atoms with Crippen LogP contribution in [0.2, 0.25) is 0 Å². The molecule has 1 N–H and O–H groups in total. The van der Waals surface area contributed by atoms with Gasteiger partial charge in [-0.2, -0.15) is 0 Å². The summed E-state index contributed by atoms with van der Waals surface area (Å²) >= 11 is 0. The molecule has 6 nitrogen and oxygen atoms in total. The molecule has 1 aromatic heterocycles. The second kappa shape index (κ2) is 6.53. The van der Waals surface area contributed by atoms with E-state index in [4.69, 9.17) is 0 Å². The van der Waals surface area contributed by atoms with Gasteiger partial charge in [0.25, 0.3) is 11.2 Å². The van der Waals surface area contributed by atoms with Gasteiger partial charge in [0, 0.05) is 37.3 Å². The van der Waals surface area contributed by atoms with Gasteiger partial charge in [0.2, 0.25) is 0 Å². The normalized spacial score (nSPS) is 10.9. The first-order valence-corrected chi connectivity index (χ1v) is 7.07. The number of pyridine rings is 1. The summed E-state index contributed by atoms with van der Waals surface area (Å²) < 4.78 is 1.57. The molecule has 0 saturated carbocycles. The monoisotopic (exact) mass is 301 g/mol. The number of hydrogen-bond donors (Lipinski definition) is 1. The van der Waals surface area contributed by atoms with Gasteiger partial charge in [-0.1, -0.05) is 19.9 Å². The second-order valence-electron chi connectivity index (χ2n) is 5.45. The van der Waals surface area contributed by atoms with Crippen LogP contribution in [0.25, 0.3) is 11.3 Å². The fraction of sp³-hybridized carbons (Fsp3) is 0.312. The van der Waals surface area contributed by atoms with Crippen LogP contribution in [0.15, 0.2) is 41.2 Å². The Morgan fingerprint density at radius 1 is 1.18 bits per heavy atom. The Kier molecular flexibility index (Phi) is 4.72. The van der Waals surface area contributed by atoms with Crippen LogP contribution in [-0.2, 0) is 13.6 Å². The Balaban J connectivity index is 2.34. The first-order valence-electron chi connectivity index (χ1n) is 7.07. The molecule has 0 spiro atoms. The van der Waals surface area contributed by atoms with Crippen LogP contribution in [0.4, 0.5) is 5.69 Å². The molecule has 116 valence electrons. The van der Waals surface area contributed by atoms with Crippen molar-refractivity contribution >= 4 is 5.69 Å². The van der Waals surface area contributed by atoms with Gasteiger partial charge in [0.15, 0.2) is 0 Å². The molecule has 0 aliphatic heterocycles. The van der Waals surface area contributed by atoms with Crippen molar-refractivity contribution in [3.05, 3.63) is 62.4 Å². The standard InChI is InChI=1S/C16H19N3O3/c1-11(2)17-10-13-6-9-15(18(3)16(13)20)12-4-7-14(8-5-12)19(21)22/h4-9,11,17H,10H2,1-3H3. The minimum Gasteiger partial charge on any atom is -0.311 e. The van der Waals surface area contributed by atoms with Crippen molar-refractivity contribution in [2.24, 2.45) is 7.05 Å². The van der Waals surface area contributed by atoms with Crippen LogP contribution < -0.4 is 10.9 Å². The van der Waals surface area contributed by atoms with Gasteiger partial charge in [-0.15, -0.1) is 0 Å². The molecule has 0 aliphatic rings. The minimum atomic E-state index is -0.441. The van der Waals surface area contributed by atoms with E-state index in [2.05, 4.69) is 5.32 Å². The van der Waals surface area contributed by atoms with Gasteiger partial charge >= 0.3 is 0 Å². The summed E-state index contributed by atoms with van der Waals surface area (Å²) in [5.74, 6) is 0. The molecule has 1 heterocycles. The fourth-order valence-corrected chi connectivity index (χ4v) is 2.18. The average Bonchev–Trinajstić information content (AvgIpc) is 2.49. The van der Waals surface area contributed by atoms with Gasteiger partial charge in [0.05, 0.1) is 10.6 Å². The lowest BCUT2D eigenvalue weighted by Crippen LogP contribution is -2.29. The molecule has 0 atom stereocenters. The molecular weight excluding hydrogens is 282 g/mol. The number of aromatic nitrogens is 1. The third kappa shape index (κ3) is 3.40. The van der Waals surface area contributed by atoms with Crippen molar-refractivity contribution in [3.8, 4) is 11.3 Å². The van der Waals surface area contributed by atoms with Crippen LogP contribution in [-0.4, -0.2) is 15.5 Å². The summed E-state index contributed by atoms with van der Waals surface area (Å²) in [6.07, 6.45) is 0. The number of nitro groups is 1. The third-order valence-corrected chi connectivity index (χ3v) is 3.46. The SMILES string of the molecule is CC(C)NCc1ccc(-c2ccc([N+](=O)[O-])cc2)n(C)c1=O. The van der Waals surface area contributed by atoms with Crippen molar-refractivity contribution in [3.63, 3.8) is 0 Å². The first-order chi connectivity index (χ1) is 10.4. The maximum atomic E-state index is 12.4. The Hall–Kier alpha value is -2.47. The largest absolute Gasteiger partial charge is 0.311 e. The van der Waals surface area contributed by atoms with Gasteiger partial charge in [0.1, 0.15) is 0 Å². The highest BCUT2D eigenvalue weighted by atomic mass is 16.6. The summed E-state index contributed by atoms with van der Waals surface area (Å²) in [7, 11) is 1.71. The number of nitro benzene ring substituents is 1. The molecule has 0 amide bonds. The smallest absolute Gasteiger partial charge is 0.269 e. The predicted octanol–water partition coefficient (Wildman–Crippen LogP) is 2.46. The second-order valence-corrected chi connectivity index (χ2v) is 5.45. The van der Waals surface area contributed by atoms with Crippen LogP contribution in [0.3, 0.4) is 0 Å². The average molecular weight is 301 g/mol. The molecule has 0 radical (unpaired) electrons. The van der Waals surface area contributed by atoms with E-state index in [-0.39, 0.29) is 11.2 Å². The highest BCUT2D eigenvalue weighted by Gasteiger charge is 2.10. The van der Waals surface area contributed by atoms with Crippen molar-refractivity contribution < 1.29 is 4.92 Å². The van der Waals surface area contributed by atoms with Crippen LogP contribution in [0, 0.1) is 10.1 Å². The zero-order valence-electron chi connectivity index (χ0n) is 12.9. The Morgan fingerprint density at radius 2 is 1.82 bits per heavy atom. The van der Waals surface area contributed by atoms with E-state index in [0.29, 0.717) is 18.2 Å². The number of benzene rings is 1. The van der Waals surface area contributed by atoms with E-state index in [0.717, 1.165) is 11.3 Å². The van der Waals surface area contributed by atoms with Crippen molar-refractivity contribution in [1.29, 1.82) is 0 Å². The van der Waals surface area contributed by atoms with E-state index in [1.54, 1.807) is 29.8 Å². The zero-order valence-corrected chi connectivity index (χ0v) is 12.9. The van der Waals surface area contributed by atoms with E-state index in [1.165, 1.54) is 12.1 Å². The molecule has 6 heteroatoms. The Labute approximate surface area is 128 Å². The quantitative estimate of drug-likeness (QED) is 0.680. The van der Waals surface area contributed by atoms with Crippen molar-refractivity contribution in [2.75, 3.05) is 0 Å². The van der Waals surface area contributed by atoms with E-state index in [1.807, 2.05) is 19.9 Å². The van der Waals surface area contributed by atoms with Crippen LogP contribution in [0.5, 0.6) is 0 Å². The van der Waals surface area contributed by atoms with Crippen molar-refractivity contribution in [1.82, 2.24) is 9.88 Å². The summed E-state index contributed by atoms with van der Waals surface area (Å²) in [6, 6.07) is 10.1. The van der Waals surface area contributed by atoms with Gasteiger partial charge in [-0.3, -0.25) is 14.9 Å². The number of rotatable bonds is 5. The van der Waals surface area contributed by atoms with Crippen LogP contribution in [0.1, 0.15) is 19.4 Å². The fourth-order valence-electron chi connectivity index (χ4n) is 2.18. The van der Waals surface area contributed by atoms with Crippen LogP contribution >= 0.6 is 0 Å². The number of non-ortho nitro benzene ring substituents is 1. The zero-order chi connectivity index (χ0) is 16.3. The van der Waals surface area contributed by atoms with Gasteiger partial charge in [-0.05, 0) is 23.8 Å². The highest BCUT2D eigenvalue weighted by Crippen LogP contribution is 2.21. The lowest BCUT2D eigenvalue weighted by Gasteiger charge is -2.12. The van der Waals surface area contributed by atoms with Gasteiger partial charge in [-0.25, -0.2) is 0 Å². The van der Waals surface area contributed by atoms with E-state index in [9.17, 15) is 14.9 Å². The molecule has 0 fully saturated rings. The molecule has 0 saturated heterocycles. The molecule has 0 bridgehead atoms. The topological polar surface area (TPSA) is 77.2 Å². The number of hydrogen-bond acceptors (Lipinski definition) is 4. The third-order valence-electron chi connectivity index (χ3n) is 3.46. The lowest BCUT2D eigenvalue weighted by atomic mass is 10.1. The predicted molar refractivity (Wildman–Crippen MR) is 85.7 cm³/mol. The summed E-state index contributed by atoms with van der Waals surface area (Å²) in [4.78, 5) is 22.6. The lowest BCUT2D eigenvalue weighted by molar-refractivity contribution is -0.384. The molecular formula is C16H19N3O3. The minimum absolute atomic E-state index is 0.0338. The molecule has 22 heavy (non-hydrogen) atoms. The molecule has 2 aromatic rings. The molecule has 1 aromatic carbocycles. The highest BCUT2D eigenvalue weighted by molar-refractivity contribution is 5.61. The maximum absolute atomic E-state index is 12.4. The molecule has 2 rings (SSSR count). The number of nitrogens with zero attached hydrogens (tertiary/aromatic N) is 2. The number of nitrogens with one attached hydrogen (secondary N) is 1. The molecule has 0 aliphatic carbocycles. The first kappa shape index (κ1) is 15.9. The summed E-state index contributed by atoms with van der Waals surface area (Å²) in [5.41, 5.74) is 2.17. The van der Waals surface area contributed by atoms with Crippen molar-refractivity contribution in [2.45, 2.75) is 26.4 Å².